The molecule has 5 N–H and O–H groups in total. The first-order valence-electron chi connectivity index (χ1n) is 10.9. The van der Waals surface area contributed by atoms with Gasteiger partial charge in [0.15, 0.2) is 11.4 Å². The summed E-state index contributed by atoms with van der Waals surface area (Å²) < 4.78 is 0. The zero-order valence-electron chi connectivity index (χ0n) is 19.6. The average molecular weight is 526 g/mol. The lowest BCUT2D eigenvalue weighted by atomic mass is 10.1. The lowest BCUT2D eigenvalue weighted by molar-refractivity contribution is -0.255. The maximum absolute atomic E-state index is 12.9. The summed E-state index contributed by atoms with van der Waals surface area (Å²) in [5, 5.41) is 33.6. The largest absolute Gasteiger partial charge is 0.530 e. The van der Waals surface area contributed by atoms with Gasteiger partial charge in [-0.25, -0.2) is 4.98 Å². The molecule has 13 nitrogen and oxygen atoms in total. The number of aromatic nitrogens is 2. The van der Waals surface area contributed by atoms with E-state index < -0.39 is 18.5 Å². The highest BCUT2D eigenvalue weighted by atomic mass is 32.1. The number of aryl methyl sites for hydroxylation is 2. The van der Waals surface area contributed by atoms with Crippen LogP contribution >= 0.6 is 11.3 Å². The van der Waals surface area contributed by atoms with Gasteiger partial charge in [0, 0.05) is 31.5 Å². The molecule has 0 aliphatic rings. The Hall–Kier alpha value is -4.72. The first-order chi connectivity index (χ1) is 17.7. The van der Waals surface area contributed by atoms with Crippen LogP contribution in [0.1, 0.15) is 33.4 Å². The van der Waals surface area contributed by atoms with Crippen molar-refractivity contribution in [3.8, 4) is 0 Å². The molecule has 2 heterocycles. The molecular formula is C23H23N7O6S-2. The number of amides is 4. The van der Waals surface area contributed by atoms with Crippen molar-refractivity contribution in [3.63, 3.8) is 0 Å². The molecule has 0 saturated carbocycles. The van der Waals surface area contributed by atoms with E-state index in [1.165, 1.54) is 6.92 Å². The Balaban J connectivity index is 1.66. The molecule has 37 heavy (non-hydrogen) atoms. The van der Waals surface area contributed by atoms with Gasteiger partial charge in [-0.1, -0.05) is 29.5 Å². The van der Waals surface area contributed by atoms with Gasteiger partial charge in [0.1, 0.15) is 17.1 Å². The van der Waals surface area contributed by atoms with E-state index in [0.717, 1.165) is 22.5 Å². The number of hydrogen-bond donors (Lipinski definition) is 5. The van der Waals surface area contributed by atoms with Crippen LogP contribution in [-0.4, -0.2) is 40.3 Å². The minimum Gasteiger partial charge on any atom is -0.530 e. The molecule has 0 saturated heterocycles. The second kappa shape index (κ2) is 12.8. The van der Waals surface area contributed by atoms with Crippen LogP contribution in [0.2, 0.25) is 0 Å². The molecule has 3 rings (SSSR count). The number of anilines is 2. The quantitative estimate of drug-likeness (QED) is 0.210. The van der Waals surface area contributed by atoms with Gasteiger partial charge in [0.05, 0.1) is 5.69 Å². The zero-order chi connectivity index (χ0) is 26.8. The molecule has 0 unspecified atom stereocenters. The summed E-state index contributed by atoms with van der Waals surface area (Å²) in [4.78, 5) is 54.6. The minimum atomic E-state index is -1.68. The lowest BCUT2D eigenvalue weighted by Gasteiger charge is -2.24. The van der Waals surface area contributed by atoms with Gasteiger partial charge in [-0.05, 0) is 42.2 Å². The van der Waals surface area contributed by atoms with Crippen molar-refractivity contribution in [2.45, 2.75) is 32.6 Å². The number of carboxylic acid groups (broad SMARTS) is 2. The Morgan fingerprint density at radius 2 is 1.68 bits per heavy atom. The van der Waals surface area contributed by atoms with Crippen molar-refractivity contribution in [1.82, 2.24) is 25.9 Å². The van der Waals surface area contributed by atoms with E-state index in [9.17, 15) is 29.4 Å². The van der Waals surface area contributed by atoms with Crippen molar-refractivity contribution in [1.29, 1.82) is 0 Å². The molecule has 0 bridgehead atoms. The van der Waals surface area contributed by atoms with Crippen LogP contribution in [0.4, 0.5) is 20.4 Å². The first kappa shape index (κ1) is 26.9. The number of carbonyl (C=O) groups is 4. The number of nitrogens with zero attached hydrogens (tertiary/aromatic N) is 2. The van der Waals surface area contributed by atoms with Gasteiger partial charge in [0.25, 0.3) is 5.91 Å². The van der Waals surface area contributed by atoms with E-state index in [2.05, 4.69) is 25.9 Å². The van der Waals surface area contributed by atoms with Crippen molar-refractivity contribution >= 4 is 46.2 Å². The second-order valence-electron chi connectivity index (χ2n) is 7.66. The molecule has 0 atom stereocenters. The highest BCUT2D eigenvalue weighted by Gasteiger charge is 2.19. The van der Waals surface area contributed by atoms with Crippen molar-refractivity contribution in [3.05, 3.63) is 70.5 Å². The third-order valence-corrected chi connectivity index (χ3v) is 5.81. The summed E-state index contributed by atoms with van der Waals surface area (Å²) >= 11 is 1.08. The standard InChI is InChI=1S/C23H25N7O6S/c1-13(31)26-21-28-17(18(37-21)19(32)25-12-15-3-2-10-24-11-15)9-6-14-4-7-16(8-5-14)27-20(29-22(33)34)30-23(35)36/h2-5,7-8,10-11,20,27,29-30H,6,9,12H2,1H3,(H,25,32)(H,33,34)(H,35,36)(H,26,28,31)/p-2. The fourth-order valence-corrected chi connectivity index (χ4v) is 4.18. The lowest BCUT2D eigenvalue weighted by Crippen LogP contribution is -2.58. The Morgan fingerprint density at radius 1 is 0.973 bits per heavy atom. The van der Waals surface area contributed by atoms with E-state index in [1.807, 2.05) is 16.7 Å². The van der Waals surface area contributed by atoms with E-state index in [-0.39, 0.29) is 18.4 Å². The Kier molecular flexibility index (Phi) is 9.32. The van der Waals surface area contributed by atoms with Crippen LogP contribution in [0, 0.1) is 0 Å². The third-order valence-electron chi connectivity index (χ3n) is 4.80. The van der Waals surface area contributed by atoms with Gasteiger partial charge < -0.3 is 46.4 Å². The van der Waals surface area contributed by atoms with Gasteiger partial charge in [-0.3, -0.25) is 14.6 Å². The third kappa shape index (κ3) is 8.78. The summed E-state index contributed by atoms with van der Waals surface area (Å²) in [5.74, 6) is -0.621. The molecule has 0 fully saturated rings. The highest BCUT2D eigenvalue weighted by molar-refractivity contribution is 7.17. The predicted octanol–water partition coefficient (Wildman–Crippen LogP) is -0.227. The number of hydrogen-bond acceptors (Lipinski definition) is 10. The topological polar surface area (TPSA) is 200 Å². The molecule has 2 aromatic heterocycles. The van der Waals surface area contributed by atoms with E-state index >= 15 is 0 Å². The summed E-state index contributed by atoms with van der Waals surface area (Å²) in [5.41, 5.74) is 2.66. The summed E-state index contributed by atoms with van der Waals surface area (Å²) in [7, 11) is 0. The molecule has 0 radical (unpaired) electrons. The van der Waals surface area contributed by atoms with Crippen molar-refractivity contribution in [2.24, 2.45) is 0 Å². The zero-order valence-corrected chi connectivity index (χ0v) is 20.4. The second-order valence-corrected chi connectivity index (χ2v) is 8.66. The van der Waals surface area contributed by atoms with Crippen LogP contribution in [0.3, 0.4) is 0 Å². The molecule has 4 amide bonds. The van der Waals surface area contributed by atoms with E-state index in [0.29, 0.717) is 34.2 Å². The van der Waals surface area contributed by atoms with Crippen molar-refractivity contribution in [2.75, 3.05) is 10.6 Å². The molecule has 1 aromatic carbocycles. The highest BCUT2D eigenvalue weighted by Crippen LogP contribution is 2.25. The maximum atomic E-state index is 12.9. The number of carbonyl (C=O) groups excluding carboxylic acids is 4. The SMILES string of the molecule is CC(=O)Nc1nc(CCc2ccc(NC(NC(=O)[O-])NC(=O)[O-])cc2)c(C(=O)NCc2cccnc2)s1. The van der Waals surface area contributed by atoms with Gasteiger partial charge >= 0.3 is 0 Å². The first-order valence-corrected chi connectivity index (χ1v) is 11.8. The Bertz CT molecular complexity index is 1230. The van der Waals surface area contributed by atoms with Crippen molar-refractivity contribution < 1.29 is 29.4 Å². The molecule has 0 aliphatic carbocycles. The molecule has 14 heteroatoms. The van der Waals surface area contributed by atoms with E-state index in [4.69, 9.17) is 0 Å². The fraction of sp³-hybridized carbons (Fsp3) is 0.217. The predicted molar refractivity (Wildman–Crippen MR) is 130 cm³/mol. The molecular weight excluding hydrogens is 502 g/mol. The molecule has 194 valence electrons. The molecule has 0 aliphatic heterocycles. The average Bonchev–Trinajstić information content (AvgIpc) is 3.24. The summed E-state index contributed by atoms with van der Waals surface area (Å²) in [6.45, 7) is 1.64. The van der Waals surface area contributed by atoms with Crippen LogP contribution in [-0.2, 0) is 24.2 Å². The normalized spacial score (nSPS) is 10.4. The van der Waals surface area contributed by atoms with Crippen LogP contribution in [0.15, 0.2) is 48.8 Å². The summed E-state index contributed by atoms with van der Waals surface area (Å²) in [6, 6.07) is 10.4. The Labute approximate surface area is 215 Å². The molecule has 3 aromatic rings. The number of nitrogens with one attached hydrogen (secondary N) is 5. The number of benzene rings is 1. The number of rotatable bonds is 11. The monoisotopic (exact) mass is 525 g/mol. The van der Waals surface area contributed by atoms with Crippen LogP contribution < -0.4 is 36.8 Å². The maximum Gasteiger partial charge on any atom is 0.263 e. The fourth-order valence-electron chi connectivity index (χ4n) is 3.21. The van der Waals surface area contributed by atoms with Gasteiger partial charge in [-0.15, -0.1) is 0 Å². The smallest absolute Gasteiger partial charge is 0.263 e. The van der Waals surface area contributed by atoms with Gasteiger partial charge in [-0.2, -0.15) is 0 Å². The summed E-state index contributed by atoms with van der Waals surface area (Å²) in [6.07, 6.45) is -0.516. The number of thiazole rings is 1. The van der Waals surface area contributed by atoms with Crippen LogP contribution in [0.25, 0.3) is 0 Å². The number of pyridine rings is 1. The van der Waals surface area contributed by atoms with Crippen LogP contribution in [0.5, 0.6) is 0 Å². The van der Waals surface area contributed by atoms with E-state index in [1.54, 1.807) is 42.7 Å². The molecule has 0 spiro atoms. The van der Waals surface area contributed by atoms with Gasteiger partial charge in [0.2, 0.25) is 5.91 Å². The Morgan fingerprint density at radius 3 is 2.27 bits per heavy atom. The minimum absolute atomic E-state index is 0.286.